The van der Waals surface area contributed by atoms with Gasteiger partial charge >= 0.3 is 0 Å². The molecule has 0 bridgehead atoms. The van der Waals surface area contributed by atoms with Gasteiger partial charge in [0.05, 0.1) is 22.1 Å². The van der Waals surface area contributed by atoms with Crippen molar-refractivity contribution in [2.24, 2.45) is 0 Å². The smallest absolute Gasteiger partial charge is 0.0555 e. The van der Waals surface area contributed by atoms with Crippen LogP contribution in [0.2, 0.25) is 0 Å². The van der Waals surface area contributed by atoms with Crippen molar-refractivity contribution in [3.63, 3.8) is 0 Å². The number of hydrogen-bond donors (Lipinski definition) is 0. The van der Waals surface area contributed by atoms with Crippen LogP contribution >= 0.6 is 11.3 Å². The third kappa shape index (κ3) is 4.22. The predicted octanol–water partition coefficient (Wildman–Crippen LogP) is 13.6. The van der Waals surface area contributed by atoms with Gasteiger partial charge in [-0.1, -0.05) is 133 Å². The van der Waals surface area contributed by atoms with Gasteiger partial charge in [-0.15, -0.1) is 11.3 Å². The van der Waals surface area contributed by atoms with E-state index in [4.69, 9.17) is 0 Å². The molecule has 0 unspecified atom stereocenters. The van der Waals surface area contributed by atoms with E-state index in [2.05, 4.69) is 191 Å². The first-order chi connectivity index (χ1) is 25.3. The Kier molecular flexibility index (Phi) is 6.16. The fourth-order valence-corrected chi connectivity index (χ4v) is 9.63. The summed E-state index contributed by atoms with van der Waals surface area (Å²) in [5.41, 5.74) is 12.2. The first kappa shape index (κ1) is 28.4. The van der Waals surface area contributed by atoms with Gasteiger partial charge in [0, 0.05) is 53.1 Å². The fraction of sp³-hybridized carbons (Fsp3) is 0. The number of aromatic nitrogens is 2. The minimum absolute atomic E-state index is 1.17. The molecule has 0 aliphatic rings. The number of benzene rings is 8. The summed E-state index contributed by atoms with van der Waals surface area (Å²) in [5, 5.41) is 7.85. The van der Waals surface area contributed by atoms with E-state index in [1.165, 1.54) is 97.4 Å². The van der Waals surface area contributed by atoms with E-state index in [0.29, 0.717) is 0 Å². The minimum atomic E-state index is 1.17. The van der Waals surface area contributed by atoms with E-state index in [1.807, 2.05) is 11.3 Å². The van der Waals surface area contributed by atoms with Crippen LogP contribution in [0.5, 0.6) is 0 Å². The van der Waals surface area contributed by atoms with Crippen molar-refractivity contribution in [2.45, 2.75) is 0 Å². The molecule has 0 spiro atoms. The zero-order valence-electron chi connectivity index (χ0n) is 27.6. The number of para-hydroxylation sites is 2. The van der Waals surface area contributed by atoms with Gasteiger partial charge in [0.25, 0.3) is 0 Å². The summed E-state index contributed by atoms with van der Waals surface area (Å²) in [6.45, 7) is 0. The van der Waals surface area contributed by atoms with Gasteiger partial charge in [-0.05, 0) is 70.8 Å². The van der Waals surface area contributed by atoms with E-state index in [1.54, 1.807) is 0 Å². The van der Waals surface area contributed by atoms with E-state index < -0.39 is 0 Å². The first-order valence-electron chi connectivity index (χ1n) is 17.4. The standard InChI is InChI=1S/C48H30N2S/c1-3-11-31(12-4-1)33-19-23-35(24-20-33)49-41-17-9-7-15-39(41)45-43(49)29-27-37-38-28-30-44-46(48(38)51-47(37)45)40-16-8-10-18-42(40)50(44)36-25-21-34(22-26-36)32-13-5-2-6-14-32/h1-30H. The molecule has 0 radical (unpaired) electrons. The molecular formula is C48H30N2S. The number of nitrogens with zero attached hydrogens (tertiary/aromatic N) is 2. The van der Waals surface area contributed by atoms with Crippen LogP contribution in [-0.2, 0) is 0 Å². The van der Waals surface area contributed by atoms with Gasteiger partial charge in [-0.2, -0.15) is 0 Å². The third-order valence-electron chi connectivity index (χ3n) is 10.5. The predicted molar refractivity (Wildman–Crippen MR) is 219 cm³/mol. The Morgan fingerprint density at radius 2 is 0.647 bits per heavy atom. The average Bonchev–Trinajstić information content (AvgIpc) is 3.86. The summed E-state index contributed by atoms with van der Waals surface area (Å²) >= 11 is 1.94. The average molecular weight is 667 g/mol. The van der Waals surface area contributed by atoms with Crippen LogP contribution in [0.1, 0.15) is 0 Å². The van der Waals surface area contributed by atoms with Crippen molar-refractivity contribution in [1.29, 1.82) is 0 Å². The third-order valence-corrected chi connectivity index (χ3v) is 11.8. The van der Waals surface area contributed by atoms with Crippen molar-refractivity contribution in [3.05, 3.63) is 182 Å². The molecule has 0 aliphatic heterocycles. The molecule has 0 atom stereocenters. The van der Waals surface area contributed by atoms with Crippen LogP contribution in [0, 0.1) is 0 Å². The zero-order valence-corrected chi connectivity index (χ0v) is 28.4. The molecule has 0 fully saturated rings. The van der Waals surface area contributed by atoms with Gasteiger partial charge in [0.2, 0.25) is 0 Å². The van der Waals surface area contributed by atoms with Crippen molar-refractivity contribution < 1.29 is 0 Å². The SMILES string of the molecule is c1ccc(-c2ccc(-n3c4ccccc4c4c5sc6c(ccc7c6c6ccccc6n7-c6ccc(-c7ccccc7)cc6)c5ccc43)cc2)cc1. The second-order valence-electron chi connectivity index (χ2n) is 13.3. The van der Waals surface area contributed by atoms with Crippen LogP contribution < -0.4 is 0 Å². The van der Waals surface area contributed by atoms with Crippen LogP contribution in [0.15, 0.2) is 182 Å². The molecular weight excluding hydrogens is 637 g/mol. The van der Waals surface area contributed by atoms with Gasteiger partial charge in [0.1, 0.15) is 0 Å². The molecule has 0 aliphatic carbocycles. The van der Waals surface area contributed by atoms with E-state index in [9.17, 15) is 0 Å². The largest absolute Gasteiger partial charge is 0.309 e. The van der Waals surface area contributed by atoms with Crippen molar-refractivity contribution >= 4 is 75.1 Å². The molecule has 51 heavy (non-hydrogen) atoms. The molecule has 3 heteroatoms. The highest BCUT2D eigenvalue weighted by molar-refractivity contribution is 7.27. The van der Waals surface area contributed by atoms with Gasteiger partial charge in [0.15, 0.2) is 0 Å². The maximum Gasteiger partial charge on any atom is 0.0555 e. The second kappa shape index (κ2) is 11.0. The Labute approximate surface area is 298 Å². The molecule has 0 amide bonds. The van der Waals surface area contributed by atoms with Gasteiger partial charge in [-0.25, -0.2) is 0 Å². The Morgan fingerprint density at radius 3 is 1.08 bits per heavy atom. The van der Waals surface area contributed by atoms with Gasteiger partial charge < -0.3 is 9.13 Å². The highest BCUT2D eigenvalue weighted by Gasteiger charge is 2.21. The lowest BCUT2D eigenvalue weighted by Gasteiger charge is -2.09. The maximum atomic E-state index is 2.43. The summed E-state index contributed by atoms with van der Waals surface area (Å²) in [7, 11) is 0. The molecule has 11 aromatic rings. The molecule has 0 saturated heterocycles. The molecule has 0 N–H and O–H groups in total. The van der Waals surface area contributed by atoms with E-state index in [0.717, 1.165) is 0 Å². The monoisotopic (exact) mass is 666 g/mol. The molecule has 8 aromatic carbocycles. The van der Waals surface area contributed by atoms with Gasteiger partial charge in [-0.3, -0.25) is 0 Å². The van der Waals surface area contributed by atoms with Crippen LogP contribution in [0.3, 0.4) is 0 Å². The molecule has 3 aromatic heterocycles. The lowest BCUT2D eigenvalue weighted by Crippen LogP contribution is -1.93. The topological polar surface area (TPSA) is 9.86 Å². The zero-order chi connectivity index (χ0) is 33.5. The van der Waals surface area contributed by atoms with Crippen LogP contribution in [0.25, 0.3) is 97.4 Å². The Bertz CT molecular complexity index is 2880. The number of thiophene rings is 1. The van der Waals surface area contributed by atoms with Crippen LogP contribution in [0.4, 0.5) is 0 Å². The normalized spacial score (nSPS) is 11.9. The quantitative estimate of drug-likeness (QED) is 0.177. The van der Waals surface area contributed by atoms with Crippen molar-refractivity contribution in [1.82, 2.24) is 9.13 Å². The second-order valence-corrected chi connectivity index (χ2v) is 14.3. The molecule has 3 heterocycles. The van der Waals surface area contributed by atoms with Crippen molar-refractivity contribution in [2.75, 3.05) is 0 Å². The van der Waals surface area contributed by atoms with E-state index in [-0.39, 0.29) is 0 Å². The van der Waals surface area contributed by atoms with E-state index >= 15 is 0 Å². The number of rotatable bonds is 4. The summed E-state index contributed by atoms with van der Waals surface area (Å²) < 4.78 is 7.55. The summed E-state index contributed by atoms with van der Waals surface area (Å²) in [6, 6.07) is 66.3. The first-order valence-corrected chi connectivity index (χ1v) is 18.3. The Hall–Kier alpha value is -6.42. The lowest BCUT2D eigenvalue weighted by atomic mass is 10.1. The Balaban J connectivity index is 1.14. The molecule has 11 rings (SSSR count). The number of fused-ring (bicyclic) bond motifs is 11. The molecule has 238 valence electrons. The number of hydrogen-bond acceptors (Lipinski definition) is 1. The van der Waals surface area contributed by atoms with Crippen molar-refractivity contribution in [3.8, 4) is 33.6 Å². The summed E-state index contributed by atoms with van der Waals surface area (Å²) in [4.78, 5) is 0. The lowest BCUT2D eigenvalue weighted by molar-refractivity contribution is 1.18. The summed E-state index contributed by atoms with van der Waals surface area (Å²) in [5.74, 6) is 0. The van der Waals surface area contributed by atoms with Crippen LogP contribution in [-0.4, -0.2) is 9.13 Å². The molecule has 2 nitrogen and oxygen atoms in total. The Morgan fingerprint density at radius 1 is 0.275 bits per heavy atom. The molecule has 0 saturated carbocycles. The minimum Gasteiger partial charge on any atom is -0.309 e. The fourth-order valence-electron chi connectivity index (χ4n) is 8.22. The summed E-state index contributed by atoms with van der Waals surface area (Å²) in [6.07, 6.45) is 0. The highest BCUT2D eigenvalue weighted by atomic mass is 32.1. The highest BCUT2D eigenvalue weighted by Crippen LogP contribution is 2.47. The maximum absolute atomic E-state index is 2.43.